The maximum atomic E-state index is 11.9. The highest BCUT2D eigenvalue weighted by Gasteiger charge is 2.14. The van der Waals surface area contributed by atoms with E-state index in [0.717, 1.165) is 24.3 Å². The third kappa shape index (κ3) is 3.43. The summed E-state index contributed by atoms with van der Waals surface area (Å²) in [6.45, 7) is 0.0470. The number of ether oxygens (including phenoxy) is 1. The summed E-state index contributed by atoms with van der Waals surface area (Å²) in [5.41, 5.74) is 3.43. The van der Waals surface area contributed by atoms with Gasteiger partial charge in [0.1, 0.15) is 5.75 Å². The predicted octanol–water partition coefficient (Wildman–Crippen LogP) is 3.58. The van der Waals surface area contributed by atoms with Crippen molar-refractivity contribution >= 4 is 11.6 Å². The molecule has 2 aromatic carbocycles. The van der Waals surface area contributed by atoms with Crippen molar-refractivity contribution in [1.29, 1.82) is 0 Å². The number of hydrogen-bond donors (Lipinski definition) is 1. The molecule has 0 aliphatic heterocycles. The van der Waals surface area contributed by atoms with Gasteiger partial charge in [0.2, 0.25) is 0 Å². The molecule has 2 aromatic rings. The summed E-state index contributed by atoms with van der Waals surface area (Å²) in [6.07, 6.45) is 4.60. The van der Waals surface area contributed by atoms with Crippen LogP contribution in [0.1, 0.15) is 24.0 Å². The Morgan fingerprint density at radius 3 is 2.67 bits per heavy atom. The lowest BCUT2D eigenvalue weighted by Gasteiger charge is -2.19. The van der Waals surface area contributed by atoms with Crippen LogP contribution in [0.2, 0.25) is 0 Å². The molecule has 0 saturated carbocycles. The van der Waals surface area contributed by atoms with Crippen LogP contribution >= 0.6 is 0 Å². The van der Waals surface area contributed by atoms with E-state index in [9.17, 15) is 4.79 Å². The number of amides is 1. The molecule has 0 fully saturated rings. The Balaban J connectivity index is 1.61. The van der Waals surface area contributed by atoms with Gasteiger partial charge in [-0.05, 0) is 55.0 Å². The first kappa shape index (κ1) is 13.7. The van der Waals surface area contributed by atoms with Crippen molar-refractivity contribution in [1.82, 2.24) is 0 Å². The summed E-state index contributed by atoms with van der Waals surface area (Å²) in [6, 6.07) is 15.6. The lowest BCUT2D eigenvalue weighted by Crippen LogP contribution is -2.20. The number of hydrogen-bond acceptors (Lipinski definition) is 2. The number of carbonyl (C=O) groups excluding carboxylic acids is 1. The normalized spacial score (nSPS) is 13.3. The van der Waals surface area contributed by atoms with E-state index in [4.69, 9.17) is 4.74 Å². The van der Waals surface area contributed by atoms with Gasteiger partial charge < -0.3 is 10.1 Å². The van der Waals surface area contributed by atoms with Gasteiger partial charge in [0.05, 0.1) is 0 Å². The van der Waals surface area contributed by atoms with E-state index in [-0.39, 0.29) is 12.5 Å². The number of carbonyl (C=O) groups is 1. The Morgan fingerprint density at radius 2 is 1.81 bits per heavy atom. The van der Waals surface area contributed by atoms with Crippen LogP contribution in [0.4, 0.5) is 5.69 Å². The SMILES string of the molecule is O=C(COc1cccc2c1CCCC2)Nc1ccccc1. The molecular formula is C18H19NO2. The number of rotatable bonds is 4. The summed E-state index contributed by atoms with van der Waals surface area (Å²) in [7, 11) is 0. The zero-order valence-corrected chi connectivity index (χ0v) is 12.0. The van der Waals surface area contributed by atoms with E-state index in [1.807, 2.05) is 42.5 Å². The quantitative estimate of drug-likeness (QED) is 0.930. The lowest BCUT2D eigenvalue weighted by molar-refractivity contribution is -0.118. The van der Waals surface area contributed by atoms with Crippen LogP contribution in [0.5, 0.6) is 5.75 Å². The molecule has 0 unspecified atom stereocenters. The molecule has 0 bridgehead atoms. The Hall–Kier alpha value is -2.29. The van der Waals surface area contributed by atoms with Gasteiger partial charge in [0.15, 0.2) is 6.61 Å². The van der Waals surface area contributed by atoms with Crippen LogP contribution in [0, 0.1) is 0 Å². The van der Waals surface area contributed by atoms with Crippen molar-refractivity contribution in [2.24, 2.45) is 0 Å². The molecule has 108 valence electrons. The predicted molar refractivity (Wildman–Crippen MR) is 83.7 cm³/mol. The number of anilines is 1. The fraction of sp³-hybridized carbons (Fsp3) is 0.278. The zero-order chi connectivity index (χ0) is 14.5. The van der Waals surface area contributed by atoms with Crippen LogP contribution in [-0.4, -0.2) is 12.5 Å². The molecule has 0 aromatic heterocycles. The number of fused-ring (bicyclic) bond motifs is 1. The van der Waals surface area contributed by atoms with E-state index < -0.39 is 0 Å². The fourth-order valence-corrected chi connectivity index (χ4v) is 2.74. The summed E-state index contributed by atoms with van der Waals surface area (Å²) in [5, 5.41) is 2.83. The van der Waals surface area contributed by atoms with Crippen LogP contribution in [0.25, 0.3) is 0 Å². The first-order chi connectivity index (χ1) is 10.3. The summed E-state index contributed by atoms with van der Waals surface area (Å²) in [4.78, 5) is 11.9. The summed E-state index contributed by atoms with van der Waals surface area (Å²) < 4.78 is 5.73. The largest absolute Gasteiger partial charge is 0.483 e. The maximum absolute atomic E-state index is 11.9. The Kier molecular flexibility index (Phi) is 4.20. The second kappa shape index (κ2) is 6.44. The highest BCUT2D eigenvalue weighted by Crippen LogP contribution is 2.29. The van der Waals surface area contributed by atoms with Gasteiger partial charge in [0.25, 0.3) is 5.91 Å². The molecule has 21 heavy (non-hydrogen) atoms. The van der Waals surface area contributed by atoms with Gasteiger partial charge in [-0.1, -0.05) is 30.3 Å². The minimum atomic E-state index is -0.130. The van der Waals surface area contributed by atoms with Crippen molar-refractivity contribution in [3.05, 3.63) is 59.7 Å². The smallest absolute Gasteiger partial charge is 0.262 e. The number of aryl methyl sites for hydroxylation is 1. The molecule has 0 saturated heterocycles. The highest BCUT2D eigenvalue weighted by molar-refractivity contribution is 5.91. The molecule has 3 nitrogen and oxygen atoms in total. The topological polar surface area (TPSA) is 38.3 Å². The average Bonchev–Trinajstić information content (AvgIpc) is 2.54. The lowest BCUT2D eigenvalue weighted by atomic mass is 9.91. The Morgan fingerprint density at radius 1 is 1.00 bits per heavy atom. The second-order valence-corrected chi connectivity index (χ2v) is 5.30. The van der Waals surface area contributed by atoms with Crippen molar-refractivity contribution in [3.63, 3.8) is 0 Å². The van der Waals surface area contributed by atoms with Crippen LogP contribution in [0.3, 0.4) is 0 Å². The third-order valence-corrected chi connectivity index (χ3v) is 3.77. The standard InChI is InChI=1S/C18H19NO2/c20-18(19-15-9-2-1-3-10-15)13-21-17-12-6-8-14-7-4-5-11-16(14)17/h1-3,6,8-10,12H,4-5,7,11,13H2,(H,19,20). The van der Waals surface area contributed by atoms with Gasteiger partial charge >= 0.3 is 0 Å². The molecule has 0 spiro atoms. The van der Waals surface area contributed by atoms with Crippen LogP contribution < -0.4 is 10.1 Å². The average molecular weight is 281 g/mol. The minimum Gasteiger partial charge on any atom is -0.483 e. The molecule has 0 heterocycles. The maximum Gasteiger partial charge on any atom is 0.262 e. The van der Waals surface area contributed by atoms with Crippen LogP contribution in [-0.2, 0) is 17.6 Å². The number of benzene rings is 2. The van der Waals surface area contributed by atoms with Crippen LogP contribution in [0.15, 0.2) is 48.5 Å². The van der Waals surface area contributed by atoms with Crippen molar-refractivity contribution in [3.8, 4) is 5.75 Å². The zero-order valence-electron chi connectivity index (χ0n) is 12.0. The first-order valence-electron chi connectivity index (χ1n) is 7.41. The van der Waals surface area contributed by atoms with E-state index in [1.165, 1.54) is 24.0 Å². The molecule has 1 N–H and O–H groups in total. The third-order valence-electron chi connectivity index (χ3n) is 3.77. The van der Waals surface area contributed by atoms with Gasteiger partial charge in [-0.2, -0.15) is 0 Å². The molecule has 3 heteroatoms. The molecule has 1 aliphatic rings. The van der Waals surface area contributed by atoms with Gasteiger partial charge in [-0.25, -0.2) is 0 Å². The van der Waals surface area contributed by atoms with Crippen molar-refractivity contribution in [2.45, 2.75) is 25.7 Å². The first-order valence-corrected chi connectivity index (χ1v) is 7.41. The Bertz CT molecular complexity index is 622. The van der Waals surface area contributed by atoms with E-state index in [0.29, 0.717) is 0 Å². The molecule has 1 amide bonds. The fourth-order valence-electron chi connectivity index (χ4n) is 2.74. The Labute approximate surface area is 124 Å². The molecule has 1 aliphatic carbocycles. The molecule has 0 radical (unpaired) electrons. The molecular weight excluding hydrogens is 262 g/mol. The number of para-hydroxylation sites is 1. The van der Waals surface area contributed by atoms with E-state index >= 15 is 0 Å². The van der Waals surface area contributed by atoms with E-state index in [1.54, 1.807) is 0 Å². The minimum absolute atomic E-state index is 0.0470. The van der Waals surface area contributed by atoms with Crippen molar-refractivity contribution < 1.29 is 9.53 Å². The van der Waals surface area contributed by atoms with Crippen molar-refractivity contribution in [2.75, 3.05) is 11.9 Å². The van der Waals surface area contributed by atoms with E-state index in [2.05, 4.69) is 11.4 Å². The monoisotopic (exact) mass is 281 g/mol. The van der Waals surface area contributed by atoms with Gasteiger partial charge in [-0.15, -0.1) is 0 Å². The molecule has 0 atom stereocenters. The highest BCUT2D eigenvalue weighted by atomic mass is 16.5. The number of nitrogens with one attached hydrogen (secondary N) is 1. The van der Waals surface area contributed by atoms with Gasteiger partial charge in [0, 0.05) is 5.69 Å². The summed E-state index contributed by atoms with van der Waals surface area (Å²) >= 11 is 0. The summed E-state index contributed by atoms with van der Waals surface area (Å²) in [5.74, 6) is 0.727. The molecule has 3 rings (SSSR count). The van der Waals surface area contributed by atoms with Gasteiger partial charge in [-0.3, -0.25) is 4.79 Å². The second-order valence-electron chi connectivity index (χ2n) is 5.30.